The summed E-state index contributed by atoms with van der Waals surface area (Å²) >= 11 is 0. The highest BCUT2D eigenvalue weighted by atomic mass is 16.5. The molecule has 150 valence electrons. The van der Waals surface area contributed by atoms with E-state index in [9.17, 15) is 9.59 Å². The van der Waals surface area contributed by atoms with Crippen molar-refractivity contribution in [3.63, 3.8) is 0 Å². The summed E-state index contributed by atoms with van der Waals surface area (Å²) in [6.45, 7) is 1.60. The van der Waals surface area contributed by atoms with E-state index in [2.05, 4.69) is 10.5 Å². The van der Waals surface area contributed by atoms with E-state index in [1.807, 2.05) is 30.3 Å². The molecule has 0 bridgehead atoms. The van der Waals surface area contributed by atoms with Crippen molar-refractivity contribution >= 4 is 22.8 Å². The Labute approximate surface area is 169 Å². The van der Waals surface area contributed by atoms with E-state index in [4.69, 9.17) is 9.26 Å². The van der Waals surface area contributed by atoms with Gasteiger partial charge in [0, 0.05) is 11.6 Å². The first kappa shape index (κ1) is 19.2. The van der Waals surface area contributed by atoms with E-state index in [1.54, 1.807) is 25.1 Å². The summed E-state index contributed by atoms with van der Waals surface area (Å²) in [6, 6.07) is 14.8. The average Bonchev–Trinajstić information content (AvgIpc) is 3.18. The molecule has 0 spiro atoms. The molecule has 3 aromatic rings. The number of esters is 1. The highest BCUT2D eigenvalue weighted by Gasteiger charge is 2.23. The Morgan fingerprint density at radius 2 is 1.86 bits per heavy atom. The number of carbonyl (C=O) groups is 2. The van der Waals surface area contributed by atoms with Crippen LogP contribution in [0.5, 0.6) is 0 Å². The standard InChI is InChI=1S/C23H24N2O4/c1-15(22(26)24-18-10-6-3-7-11-18)28-23(27)17-12-13-20-19(14-17)21(29-25-20)16-8-4-2-5-9-16/h2,4-5,8-9,12-15,18H,3,6-7,10-11H2,1H3,(H,24,26)/t15-/m1/s1. The molecular formula is C23H24N2O4. The van der Waals surface area contributed by atoms with Crippen LogP contribution in [-0.4, -0.2) is 29.2 Å². The maximum absolute atomic E-state index is 12.6. The van der Waals surface area contributed by atoms with Crippen molar-refractivity contribution in [2.75, 3.05) is 0 Å². The molecule has 1 aliphatic rings. The van der Waals surface area contributed by atoms with Crippen molar-refractivity contribution in [2.45, 2.75) is 51.2 Å². The van der Waals surface area contributed by atoms with Crippen LogP contribution in [0.15, 0.2) is 53.1 Å². The van der Waals surface area contributed by atoms with Gasteiger partial charge in [0.1, 0.15) is 5.52 Å². The minimum Gasteiger partial charge on any atom is -0.449 e. The van der Waals surface area contributed by atoms with Gasteiger partial charge in [0.15, 0.2) is 11.9 Å². The van der Waals surface area contributed by atoms with Crippen molar-refractivity contribution in [3.05, 3.63) is 54.1 Å². The highest BCUT2D eigenvalue weighted by molar-refractivity contribution is 5.99. The normalized spacial score (nSPS) is 15.8. The molecule has 0 saturated heterocycles. The van der Waals surface area contributed by atoms with Gasteiger partial charge in [-0.3, -0.25) is 4.79 Å². The van der Waals surface area contributed by atoms with E-state index in [1.165, 1.54) is 6.42 Å². The molecule has 1 aliphatic carbocycles. The lowest BCUT2D eigenvalue weighted by Crippen LogP contribution is -2.42. The first-order valence-electron chi connectivity index (χ1n) is 10.1. The first-order valence-corrected chi connectivity index (χ1v) is 10.1. The number of nitrogens with one attached hydrogen (secondary N) is 1. The number of hydrogen-bond donors (Lipinski definition) is 1. The largest absolute Gasteiger partial charge is 0.449 e. The Balaban J connectivity index is 1.47. The zero-order valence-corrected chi connectivity index (χ0v) is 16.4. The minimum absolute atomic E-state index is 0.180. The fraction of sp³-hybridized carbons (Fsp3) is 0.348. The van der Waals surface area contributed by atoms with Crippen molar-refractivity contribution in [3.8, 4) is 11.3 Å². The quantitative estimate of drug-likeness (QED) is 0.647. The zero-order chi connectivity index (χ0) is 20.2. The highest BCUT2D eigenvalue weighted by Crippen LogP contribution is 2.29. The van der Waals surface area contributed by atoms with Gasteiger partial charge in [-0.2, -0.15) is 0 Å². The van der Waals surface area contributed by atoms with Gasteiger partial charge in [0.25, 0.3) is 5.91 Å². The summed E-state index contributed by atoms with van der Waals surface area (Å²) in [4.78, 5) is 25.0. The number of rotatable bonds is 5. The molecule has 1 amide bonds. The lowest BCUT2D eigenvalue weighted by Gasteiger charge is -2.24. The molecular weight excluding hydrogens is 368 g/mol. The van der Waals surface area contributed by atoms with Gasteiger partial charge in [0.05, 0.1) is 10.9 Å². The van der Waals surface area contributed by atoms with Crippen LogP contribution in [0.3, 0.4) is 0 Å². The number of carbonyl (C=O) groups excluding carboxylic acids is 2. The van der Waals surface area contributed by atoms with Crippen LogP contribution in [0.25, 0.3) is 22.2 Å². The van der Waals surface area contributed by atoms with Crippen LogP contribution in [0.2, 0.25) is 0 Å². The van der Waals surface area contributed by atoms with E-state index in [0.717, 1.165) is 36.6 Å². The van der Waals surface area contributed by atoms with E-state index < -0.39 is 12.1 Å². The number of fused-ring (bicyclic) bond motifs is 1. The summed E-state index contributed by atoms with van der Waals surface area (Å²) in [7, 11) is 0. The van der Waals surface area contributed by atoms with E-state index >= 15 is 0 Å². The van der Waals surface area contributed by atoms with Crippen LogP contribution in [-0.2, 0) is 9.53 Å². The molecule has 29 heavy (non-hydrogen) atoms. The van der Waals surface area contributed by atoms with Gasteiger partial charge >= 0.3 is 5.97 Å². The monoisotopic (exact) mass is 392 g/mol. The second-order valence-electron chi connectivity index (χ2n) is 7.50. The number of hydrogen-bond acceptors (Lipinski definition) is 5. The van der Waals surface area contributed by atoms with Crippen LogP contribution < -0.4 is 5.32 Å². The predicted octanol–water partition coefficient (Wildman–Crippen LogP) is 4.49. The number of nitrogens with zero attached hydrogens (tertiary/aromatic N) is 1. The van der Waals surface area contributed by atoms with Crippen LogP contribution in [0, 0.1) is 0 Å². The van der Waals surface area contributed by atoms with Gasteiger partial charge in [-0.1, -0.05) is 54.8 Å². The molecule has 2 aromatic carbocycles. The van der Waals surface area contributed by atoms with Crippen molar-refractivity contribution in [1.82, 2.24) is 10.5 Å². The number of amides is 1. The molecule has 0 unspecified atom stereocenters. The summed E-state index contributed by atoms with van der Waals surface area (Å²) in [6.07, 6.45) is 4.59. The lowest BCUT2D eigenvalue weighted by atomic mass is 9.95. The van der Waals surface area contributed by atoms with Crippen LogP contribution in [0.1, 0.15) is 49.4 Å². The minimum atomic E-state index is -0.851. The van der Waals surface area contributed by atoms with E-state index in [-0.39, 0.29) is 11.9 Å². The zero-order valence-electron chi connectivity index (χ0n) is 16.4. The fourth-order valence-electron chi connectivity index (χ4n) is 3.71. The first-order chi connectivity index (χ1) is 14.1. The van der Waals surface area contributed by atoms with Gasteiger partial charge in [-0.05, 0) is 38.0 Å². The molecule has 4 rings (SSSR count). The lowest BCUT2D eigenvalue weighted by molar-refractivity contribution is -0.130. The van der Waals surface area contributed by atoms with Crippen molar-refractivity contribution < 1.29 is 18.8 Å². The Morgan fingerprint density at radius 3 is 2.62 bits per heavy atom. The number of aromatic nitrogens is 1. The van der Waals surface area contributed by atoms with Crippen molar-refractivity contribution in [2.24, 2.45) is 0 Å². The molecule has 1 fully saturated rings. The van der Waals surface area contributed by atoms with Crippen LogP contribution in [0.4, 0.5) is 0 Å². The SMILES string of the molecule is C[C@@H](OC(=O)c1ccc2noc(-c3ccccc3)c2c1)C(=O)NC1CCCCC1. The maximum atomic E-state index is 12.6. The Hall–Kier alpha value is -3.15. The predicted molar refractivity (Wildman–Crippen MR) is 109 cm³/mol. The Kier molecular flexibility index (Phi) is 5.60. The van der Waals surface area contributed by atoms with E-state index in [0.29, 0.717) is 16.8 Å². The average molecular weight is 392 g/mol. The summed E-state index contributed by atoms with van der Waals surface area (Å²) in [5.74, 6) is -0.196. The third-order valence-corrected chi connectivity index (χ3v) is 5.35. The molecule has 1 aromatic heterocycles. The molecule has 1 atom stereocenters. The second-order valence-corrected chi connectivity index (χ2v) is 7.50. The van der Waals surface area contributed by atoms with Gasteiger partial charge in [-0.25, -0.2) is 4.79 Å². The molecule has 6 nitrogen and oxygen atoms in total. The number of ether oxygens (including phenoxy) is 1. The maximum Gasteiger partial charge on any atom is 0.338 e. The Morgan fingerprint density at radius 1 is 1.10 bits per heavy atom. The second kappa shape index (κ2) is 8.47. The van der Waals surface area contributed by atoms with Gasteiger partial charge in [-0.15, -0.1) is 0 Å². The van der Waals surface area contributed by atoms with Crippen molar-refractivity contribution in [1.29, 1.82) is 0 Å². The molecule has 1 heterocycles. The summed E-state index contributed by atoms with van der Waals surface area (Å²) < 4.78 is 10.9. The molecule has 6 heteroatoms. The molecule has 0 radical (unpaired) electrons. The molecule has 1 N–H and O–H groups in total. The van der Waals surface area contributed by atoms with Gasteiger partial charge in [0.2, 0.25) is 0 Å². The summed E-state index contributed by atoms with van der Waals surface area (Å²) in [5, 5.41) is 7.78. The van der Waals surface area contributed by atoms with Crippen LogP contribution >= 0.6 is 0 Å². The molecule has 0 aliphatic heterocycles. The third-order valence-electron chi connectivity index (χ3n) is 5.35. The fourth-order valence-corrected chi connectivity index (χ4v) is 3.71. The third kappa shape index (κ3) is 4.31. The molecule has 1 saturated carbocycles. The summed E-state index contributed by atoms with van der Waals surface area (Å²) in [5.41, 5.74) is 1.89. The number of benzene rings is 2. The Bertz CT molecular complexity index is 1010. The topological polar surface area (TPSA) is 81.4 Å². The van der Waals surface area contributed by atoms with Gasteiger partial charge < -0.3 is 14.6 Å². The smallest absolute Gasteiger partial charge is 0.338 e.